The first-order chi connectivity index (χ1) is 14.1. The van der Waals surface area contributed by atoms with Crippen molar-refractivity contribution in [2.24, 2.45) is 5.10 Å². The Hall–Kier alpha value is -3.30. The van der Waals surface area contributed by atoms with Crippen molar-refractivity contribution < 1.29 is 14.3 Å². The maximum Gasteiger partial charge on any atom is 0.280 e. The maximum atomic E-state index is 12.4. The largest absolute Gasteiger partial charge is 0.480 e. The van der Waals surface area contributed by atoms with Crippen LogP contribution in [0.15, 0.2) is 70.2 Å². The Labute approximate surface area is 177 Å². The van der Waals surface area contributed by atoms with E-state index in [0.29, 0.717) is 17.1 Å². The van der Waals surface area contributed by atoms with E-state index in [4.69, 9.17) is 15.9 Å². The van der Waals surface area contributed by atoms with Crippen molar-refractivity contribution in [3.8, 4) is 23.8 Å². The van der Waals surface area contributed by atoms with Crippen molar-refractivity contribution >= 4 is 38.8 Å². The normalized spacial score (nSPS) is 11.8. The number of fused-ring (bicyclic) bond motifs is 1. The second-order valence-corrected chi connectivity index (χ2v) is 7.06. The lowest BCUT2D eigenvalue weighted by Gasteiger charge is -2.14. The van der Waals surface area contributed by atoms with Crippen molar-refractivity contribution in [1.29, 1.82) is 0 Å². The zero-order chi connectivity index (χ0) is 20.6. The van der Waals surface area contributed by atoms with Crippen LogP contribution in [0, 0.1) is 12.3 Å². The van der Waals surface area contributed by atoms with Crippen LogP contribution in [-0.2, 0) is 4.79 Å². The first-order valence-electron chi connectivity index (χ1n) is 8.91. The molecule has 3 aromatic carbocycles. The fourth-order valence-electron chi connectivity index (χ4n) is 2.67. The molecule has 0 spiro atoms. The standard InChI is InChI=1S/C23H19BrN2O3/c1-3-13-28-21-12-11-19(24)14-18(21)15-25-26-23(27)16(2)29-22-10-6-8-17-7-4-5-9-20(17)22/h1,4-12,14-16H,13H2,2H3,(H,26,27)/b25-15+. The second-order valence-electron chi connectivity index (χ2n) is 6.15. The molecule has 1 unspecified atom stereocenters. The van der Waals surface area contributed by atoms with Gasteiger partial charge in [0.1, 0.15) is 18.1 Å². The van der Waals surface area contributed by atoms with Crippen molar-refractivity contribution in [3.05, 3.63) is 70.7 Å². The topological polar surface area (TPSA) is 59.9 Å². The van der Waals surface area contributed by atoms with Gasteiger partial charge in [0.2, 0.25) is 0 Å². The zero-order valence-corrected chi connectivity index (χ0v) is 17.3. The van der Waals surface area contributed by atoms with Crippen LogP contribution in [0.5, 0.6) is 11.5 Å². The molecular formula is C23H19BrN2O3. The highest BCUT2D eigenvalue weighted by atomic mass is 79.9. The van der Waals surface area contributed by atoms with E-state index in [1.165, 1.54) is 6.21 Å². The van der Waals surface area contributed by atoms with Gasteiger partial charge < -0.3 is 9.47 Å². The molecule has 5 nitrogen and oxygen atoms in total. The molecule has 0 heterocycles. The third-order valence-electron chi connectivity index (χ3n) is 4.08. The lowest BCUT2D eigenvalue weighted by atomic mass is 10.1. The molecule has 146 valence electrons. The van der Waals surface area contributed by atoms with Crippen molar-refractivity contribution in [2.45, 2.75) is 13.0 Å². The van der Waals surface area contributed by atoms with Crippen LogP contribution in [0.1, 0.15) is 12.5 Å². The molecule has 0 bridgehead atoms. The highest BCUT2D eigenvalue weighted by Crippen LogP contribution is 2.26. The summed E-state index contributed by atoms with van der Waals surface area (Å²) in [4.78, 5) is 12.4. The highest BCUT2D eigenvalue weighted by Gasteiger charge is 2.15. The molecule has 6 heteroatoms. The Morgan fingerprint density at radius 3 is 2.83 bits per heavy atom. The summed E-state index contributed by atoms with van der Waals surface area (Å²) in [5, 5.41) is 6.01. The smallest absolute Gasteiger partial charge is 0.280 e. The summed E-state index contributed by atoms with van der Waals surface area (Å²) >= 11 is 3.40. The Balaban J connectivity index is 1.66. The molecule has 0 radical (unpaired) electrons. The number of carbonyl (C=O) groups excluding carboxylic acids is 1. The molecule has 0 saturated carbocycles. The lowest BCUT2D eigenvalue weighted by molar-refractivity contribution is -0.127. The zero-order valence-electron chi connectivity index (χ0n) is 15.8. The fraction of sp³-hybridized carbons (Fsp3) is 0.130. The number of nitrogens with one attached hydrogen (secondary N) is 1. The molecule has 0 aliphatic carbocycles. The predicted molar refractivity (Wildman–Crippen MR) is 118 cm³/mol. The number of benzene rings is 3. The van der Waals surface area contributed by atoms with Gasteiger partial charge >= 0.3 is 0 Å². The molecule has 1 N–H and O–H groups in total. The van der Waals surface area contributed by atoms with Gasteiger partial charge in [-0.3, -0.25) is 4.79 Å². The van der Waals surface area contributed by atoms with Crippen LogP contribution in [0.3, 0.4) is 0 Å². The molecule has 1 amide bonds. The molecule has 29 heavy (non-hydrogen) atoms. The molecule has 0 aromatic heterocycles. The SMILES string of the molecule is C#CCOc1ccc(Br)cc1/C=N/NC(=O)C(C)Oc1cccc2ccccc12. The van der Waals surface area contributed by atoms with Crippen LogP contribution in [0.25, 0.3) is 10.8 Å². The molecule has 1 atom stereocenters. The quantitative estimate of drug-likeness (QED) is 0.326. The van der Waals surface area contributed by atoms with E-state index in [2.05, 4.69) is 32.4 Å². The van der Waals surface area contributed by atoms with Crippen LogP contribution in [-0.4, -0.2) is 24.8 Å². The number of hydrogen-bond acceptors (Lipinski definition) is 4. The van der Waals surface area contributed by atoms with Gasteiger partial charge in [-0.2, -0.15) is 5.10 Å². The molecule has 0 fully saturated rings. The number of hydrogen-bond donors (Lipinski definition) is 1. The Morgan fingerprint density at radius 2 is 2.00 bits per heavy atom. The summed E-state index contributed by atoms with van der Waals surface area (Å²) in [7, 11) is 0. The predicted octanol–water partition coefficient (Wildman–Crippen LogP) is 4.53. The van der Waals surface area contributed by atoms with E-state index in [9.17, 15) is 4.79 Å². The highest BCUT2D eigenvalue weighted by molar-refractivity contribution is 9.10. The van der Waals surface area contributed by atoms with Crippen LogP contribution < -0.4 is 14.9 Å². The maximum absolute atomic E-state index is 12.4. The first-order valence-corrected chi connectivity index (χ1v) is 9.71. The van der Waals surface area contributed by atoms with Crippen molar-refractivity contribution in [1.82, 2.24) is 5.43 Å². The second kappa shape index (κ2) is 9.76. The summed E-state index contributed by atoms with van der Waals surface area (Å²) in [6, 6.07) is 19.0. The molecule has 0 saturated heterocycles. The van der Waals surface area contributed by atoms with Gasteiger partial charge in [0.15, 0.2) is 6.10 Å². The molecule has 3 aromatic rings. The van der Waals surface area contributed by atoms with E-state index in [1.807, 2.05) is 54.6 Å². The van der Waals surface area contributed by atoms with E-state index in [-0.39, 0.29) is 12.5 Å². The minimum absolute atomic E-state index is 0.144. The van der Waals surface area contributed by atoms with Crippen molar-refractivity contribution in [2.75, 3.05) is 6.61 Å². The molecule has 0 aliphatic heterocycles. The van der Waals surface area contributed by atoms with Gasteiger partial charge in [-0.25, -0.2) is 5.43 Å². The van der Waals surface area contributed by atoms with Gasteiger partial charge in [0, 0.05) is 15.4 Å². The first kappa shape index (κ1) is 20.4. The van der Waals surface area contributed by atoms with Gasteiger partial charge in [-0.1, -0.05) is 58.2 Å². The number of carbonyl (C=O) groups is 1. The number of nitrogens with zero attached hydrogens (tertiary/aromatic N) is 1. The summed E-state index contributed by atoms with van der Waals surface area (Å²) in [6.45, 7) is 1.82. The average Bonchev–Trinajstić information content (AvgIpc) is 2.73. The van der Waals surface area contributed by atoms with Crippen LogP contribution in [0.4, 0.5) is 0 Å². The molecular weight excluding hydrogens is 432 g/mol. The Morgan fingerprint density at radius 1 is 1.21 bits per heavy atom. The average molecular weight is 451 g/mol. The third kappa shape index (κ3) is 5.37. The van der Waals surface area contributed by atoms with E-state index < -0.39 is 6.10 Å². The minimum atomic E-state index is -0.724. The lowest BCUT2D eigenvalue weighted by Crippen LogP contribution is -2.33. The van der Waals surface area contributed by atoms with Gasteiger partial charge in [-0.15, -0.1) is 6.42 Å². The summed E-state index contributed by atoms with van der Waals surface area (Å²) in [5.41, 5.74) is 3.17. The van der Waals surface area contributed by atoms with Gasteiger partial charge in [-0.05, 0) is 36.6 Å². The number of halogens is 1. The van der Waals surface area contributed by atoms with E-state index in [1.54, 1.807) is 13.0 Å². The summed E-state index contributed by atoms with van der Waals surface area (Å²) in [5.74, 6) is 3.27. The number of hydrazone groups is 1. The van der Waals surface area contributed by atoms with Crippen LogP contribution >= 0.6 is 15.9 Å². The molecule has 3 rings (SSSR count). The summed E-state index contributed by atoms with van der Waals surface area (Å²) < 4.78 is 12.2. The van der Waals surface area contributed by atoms with Gasteiger partial charge in [0.05, 0.1) is 6.21 Å². The van der Waals surface area contributed by atoms with Crippen molar-refractivity contribution in [3.63, 3.8) is 0 Å². The van der Waals surface area contributed by atoms with Crippen LogP contribution in [0.2, 0.25) is 0 Å². The number of ether oxygens (including phenoxy) is 2. The Bertz CT molecular complexity index is 1080. The monoisotopic (exact) mass is 450 g/mol. The van der Waals surface area contributed by atoms with E-state index >= 15 is 0 Å². The minimum Gasteiger partial charge on any atom is -0.480 e. The fourth-order valence-corrected chi connectivity index (χ4v) is 3.05. The van der Waals surface area contributed by atoms with E-state index in [0.717, 1.165) is 15.2 Å². The number of amides is 1. The van der Waals surface area contributed by atoms with Gasteiger partial charge in [0.25, 0.3) is 5.91 Å². The molecule has 0 aliphatic rings. The third-order valence-corrected chi connectivity index (χ3v) is 4.58. The Kier molecular flexibility index (Phi) is 6.88. The number of rotatable bonds is 7. The number of terminal acetylenes is 1. The summed E-state index contributed by atoms with van der Waals surface area (Å²) in [6.07, 6.45) is 6.01.